The molecule has 74 valence electrons. The minimum Gasteiger partial charge on any atom is -0.323 e. The number of hydrogen-bond donors (Lipinski definition) is 1. The second kappa shape index (κ2) is 4.58. The molecule has 0 aliphatic carbocycles. The van der Waals surface area contributed by atoms with Crippen LogP contribution in [0.4, 0.5) is 4.39 Å². The SMILES string of the molecule is CC(C)(N)C(F)c1ccccc1.Cl. The van der Waals surface area contributed by atoms with Crippen LogP contribution in [0.3, 0.4) is 0 Å². The second-order valence-electron chi connectivity index (χ2n) is 3.59. The zero-order valence-corrected chi connectivity index (χ0v) is 8.64. The van der Waals surface area contributed by atoms with Gasteiger partial charge in [0.2, 0.25) is 0 Å². The topological polar surface area (TPSA) is 26.0 Å². The molecule has 1 aromatic rings. The molecule has 1 nitrogen and oxygen atoms in total. The minimum absolute atomic E-state index is 0. The van der Waals surface area contributed by atoms with Gasteiger partial charge in [-0.2, -0.15) is 0 Å². The zero-order chi connectivity index (χ0) is 9.19. The summed E-state index contributed by atoms with van der Waals surface area (Å²) >= 11 is 0. The Balaban J connectivity index is 0.00000144. The maximum Gasteiger partial charge on any atom is 0.142 e. The van der Waals surface area contributed by atoms with Gasteiger partial charge in [-0.1, -0.05) is 30.3 Å². The van der Waals surface area contributed by atoms with E-state index < -0.39 is 11.7 Å². The van der Waals surface area contributed by atoms with Gasteiger partial charge in [0.15, 0.2) is 0 Å². The number of hydrogen-bond acceptors (Lipinski definition) is 1. The molecular formula is C10H15ClFN. The van der Waals surface area contributed by atoms with Crippen LogP contribution in [0.2, 0.25) is 0 Å². The van der Waals surface area contributed by atoms with Crippen LogP contribution in [0.15, 0.2) is 30.3 Å². The maximum atomic E-state index is 13.5. The van der Waals surface area contributed by atoms with Gasteiger partial charge in [0.1, 0.15) is 6.17 Å². The van der Waals surface area contributed by atoms with Gasteiger partial charge >= 0.3 is 0 Å². The first-order chi connectivity index (χ1) is 5.52. The van der Waals surface area contributed by atoms with Crippen LogP contribution in [-0.4, -0.2) is 5.54 Å². The van der Waals surface area contributed by atoms with Gasteiger partial charge in [0.05, 0.1) is 0 Å². The molecule has 3 heteroatoms. The third-order valence-corrected chi connectivity index (χ3v) is 1.75. The molecule has 0 radical (unpaired) electrons. The molecule has 1 unspecified atom stereocenters. The monoisotopic (exact) mass is 203 g/mol. The van der Waals surface area contributed by atoms with Crippen LogP contribution < -0.4 is 5.73 Å². The maximum absolute atomic E-state index is 13.5. The highest BCUT2D eigenvalue weighted by Crippen LogP contribution is 2.26. The van der Waals surface area contributed by atoms with E-state index in [-0.39, 0.29) is 12.4 Å². The summed E-state index contributed by atoms with van der Waals surface area (Å²) in [6.45, 7) is 3.37. The van der Waals surface area contributed by atoms with E-state index in [9.17, 15) is 4.39 Å². The van der Waals surface area contributed by atoms with Crippen molar-refractivity contribution in [3.63, 3.8) is 0 Å². The predicted octanol–water partition coefficient (Wildman–Crippen LogP) is 2.86. The largest absolute Gasteiger partial charge is 0.323 e. The predicted molar refractivity (Wildman–Crippen MR) is 55.8 cm³/mol. The van der Waals surface area contributed by atoms with Crippen molar-refractivity contribution in [2.75, 3.05) is 0 Å². The Kier molecular flexibility index (Phi) is 4.37. The lowest BCUT2D eigenvalue weighted by Crippen LogP contribution is -2.37. The standard InChI is InChI=1S/C10H14FN.ClH/c1-10(2,12)9(11)8-6-4-3-5-7-8;/h3-7,9H,12H2,1-2H3;1H. The first-order valence-electron chi connectivity index (χ1n) is 3.99. The van der Waals surface area contributed by atoms with Crippen molar-refractivity contribution >= 4 is 12.4 Å². The van der Waals surface area contributed by atoms with E-state index in [0.717, 1.165) is 0 Å². The molecule has 0 amide bonds. The Labute approximate surface area is 84.5 Å². The summed E-state index contributed by atoms with van der Waals surface area (Å²) in [4.78, 5) is 0. The highest BCUT2D eigenvalue weighted by atomic mass is 35.5. The van der Waals surface area contributed by atoms with E-state index >= 15 is 0 Å². The van der Waals surface area contributed by atoms with Gasteiger partial charge in [-0.05, 0) is 19.4 Å². The molecule has 0 heterocycles. The molecule has 1 atom stereocenters. The van der Waals surface area contributed by atoms with Crippen LogP contribution in [0.1, 0.15) is 25.6 Å². The first kappa shape index (κ1) is 12.4. The van der Waals surface area contributed by atoms with Gasteiger partial charge < -0.3 is 5.73 Å². The van der Waals surface area contributed by atoms with Crippen molar-refractivity contribution in [2.24, 2.45) is 5.73 Å². The highest BCUT2D eigenvalue weighted by molar-refractivity contribution is 5.85. The Morgan fingerprint density at radius 3 is 2.08 bits per heavy atom. The third kappa shape index (κ3) is 3.33. The molecule has 2 N–H and O–H groups in total. The molecule has 0 aliphatic rings. The van der Waals surface area contributed by atoms with Gasteiger partial charge in [-0.15, -0.1) is 12.4 Å². The molecule has 0 bridgehead atoms. The van der Waals surface area contributed by atoms with Crippen LogP contribution in [0.5, 0.6) is 0 Å². The van der Waals surface area contributed by atoms with Crippen LogP contribution in [0, 0.1) is 0 Å². The lowest BCUT2D eigenvalue weighted by atomic mass is 9.94. The second-order valence-corrected chi connectivity index (χ2v) is 3.59. The summed E-state index contributed by atoms with van der Waals surface area (Å²) in [5, 5.41) is 0. The smallest absolute Gasteiger partial charge is 0.142 e. The summed E-state index contributed by atoms with van der Waals surface area (Å²) in [6.07, 6.45) is -1.10. The molecule has 1 aromatic carbocycles. The molecule has 1 rings (SSSR count). The van der Waals surface area contributed by atoms with Crippen molar-refractivity contribution in [1.29, 1.82) is 0 Å². The Morgan fingerprint density at radius 2 is 1.69 bits per heavy atom. The van der Waals surface area contributed by atoms with Gasteiger partial charge in [0.25, 0.3) is 0 Å². The molecule has 0 spiro atoms. The van der Waals surface area contributed by atoms with E-state index in [1.807, 2.05) is 18.2 Å². The summed E-state index contributed by atoms with van der Waals surface area (Å²) in [7, 11) is 0. The van der Waals surface area contributed by atoms with Gasteiger partial charge in [-0.3, -0.25) is 0 Å². The molecule has 0 saturated heterocycles. The fourth-order valence-electron chi connectivity index (χ4n) is 1.05. The van der Waals surface area contributed by atoms with E-state index in [2.05, 4.69) is 0 Å². The molecule has 0 aliphatic heterocycles. The molecular weight excluding hydrogens is 189 g/mol. The Morgan fingerprint density at radius 1 is 1.23 bits per heavy atom. The lowest BCUT2D eigenvalue weighted by molar-refractivity contribution is 0.223. The number of halogens is 2. The number of benzene rings is 1. The van der Waals surface area contributed by atoms with Crippen molar-refractivity contribution in [1.82, 2.24) is 0 Å². The van der Waals surface area contributed by atoms with E-state index in [4.69, 9.17) is 5.73 Å². The number of rotatable bonds is 2. The molecule has 0 aromatic heterocycles. The van der Waals surface area contributed by atoms with Crippen LogP contribution in [-0.2, 0) is 0 Å². The third-order valence-electron chi connectivity index (χ3n) is 1.75. The first-order valence-corrected chi connectivity index (χ1v) is 3.99. The summed E-state index contributed by atoms with van der Waals surface area (Å²) in [6, 6.07) is 8.99. The minimum atomic E-state index is -1.10. The lowest BCUT2D eigenvalue weighted by Gasteiger charge is -2.23. The van der Waals surface area contributed by atoms with Crippen LogP contribution in [0.25, 0.3) is 0 Å². The fraction of sp³-hybridized carbons (Fsp3) is 0.400. The number of alkyl halides is 1. The summed E-state index contributed by atoms with van der Waals surface area (Å²) in [5.74, 6) is 0. The van der Waals surface area contributed by atoms with Crippen molar-refractivity contribution in [3.8, 4) is 0 Å². The Hall–Kier alpha value is -0.600. The molecule has 0 saturated carbocycles. The average molecular weight is 204 g/mol. The van der Waals surface area contributed by atoms with E-state index in [1.165, 1.54) is 0 Å². The highest BCUT2D eigenvalue weighted by Gasteiger charge is 2.25. The van der Waals surface area contributed by atoms with E-state index in [0.29, 0.717) is 5.56 Å². The van der Waals surface area contributed by atoms with Gasteiger partial charge in [-0.25, -0.2) is 4.39 Å². The quantitative estimate of drug-likeness (QED) is 0.786. The Bertz CT molecular complexity index is 243. The van der Waals surface area contributed by atoms with Crippen molar-refractivity contribution < 1.29 is 4.39 Å². The van der Waals surface area contributed by atoms with Gasteiger partial charge in [0, 0.05) is 5.54 Å². The van der Waals surface area contributed by atoms with Crippen LogP contribution >= 0.6 is 12.4 Å². The number of nitrogens with two attached hydrogens (primary N) is 1. The average Bonchev–Trinajstić information content (AvgIpc) is 2.03. The zero-order valence-electron chi connectivity index (χ0n) is 7.83. The summed E-state index contributed by atoms with van der Waals surface area (Å²) < 4.78 is 13.5. The molecule has 13 heavy (non-hydrogen) atoms. The summed E-state index contributed by atoms with van der Waals surface area (Å²) in [5.41, 5.74) is 5.48. The van der Waals surface area contributed by atoms with Crippen molar-refractivity contribution in [3.05, 3.63) is 35.9 Å². The molecule has 0 fully saturated rings. The van der Waals surface area contributed by atoms with Crippen molar-refractivity contribution in [2.45, 2.75) is 25.6 Å². The normalized spacial score (nSPS) is 13.2. The van der Waals surface area contributed by atoms with E-state index in [1.54, 1.807) is 26.0 Å². The fourth-order valence-corrected chi connectivity index (χ4v) is 1.05.